The van der Waals surface area contributed by atoms with Crippen molar-refractivity contribution in [3.63, 3.8) is 0 Å². The summed E-state index contributed by atoms with van der Waals surface area (Å²) in [4.78, 5) is 34.1. The molecule has 1 amide bonds. The molecule has 1 saturated heterocycles. The summed E-state index contributed by atoms with van der Waals surface area (Å²) in [6.45, 7) is 7.65. The molecule has 1 aliphatic heterocycles. The predicted octanol–water partition coefficient (Wildman–Crippen LogP) is 1.16. The molecule has 0 radical (unpaired) electrons. The van der Waals surface area contributed by atoms with E-state index in [0.29, 0.717) is 31.1 Å². The van der Waals surface area contributed by atoms with Gasteiger partial charge in [0.05, 0.1) is 22.8 Å². The number of aromatic nitrogens is 2. The van der Waals surface area contributed by atoms with Gasteiger partial charge >= 0.3 is 0 Å². The van der Waals surface area contributed by atoms with E-state index in [1.165, 1.54) is 12.3 Å². The topological polar surface area (TPSA) is 171 Å². The smallest absolute Gasteiger partial charge is 0.299 e. The highest BCUT2D eigenvalue weighted by atomic mass is 32.2. The fourth-order valence-electron chi connectivity index (χ4n) is 5.09. The van der Waals surface area contributed by atoms with Gasteiger partial charge in [-0.2, -0.15) is 0 Å². The Morgan fingerprint density at radius 2 is 1.77 bits per heavy atom. The molecule has 12 nitrogen and oxygen atoms in total. The van der Waals surface area contributed by atoms with Gasteiger partial charge in [-0.15, -0.1) is 4.73 Å². The zero-order valence-corrected chi connectivity index (χ0v) is 25.5. The van der Waals surface area contributed by atoms with Crippen molar-refractivity contribution in [3.05, 3.63) is 69.1 Å². The van der Waals surface area contributed by atoms with Crippen LogP contribution in [0.5, 0.6) is 0 Å². The van der Waals surface area contributed by atoms with Crippen molar-refractivity contribution in [1.29, 1.82) is 0 Å². The lowest BCUT2D eigenvalue weighted by atomic mass is 10.1. The maximum atomic E-state index is 14.0. The second kappa shape index (κ2) is 13.5. The largest absolute Gasteiger partial charge is 0.423 e. The number of β-amino-alcohol motifs (C(OH)–C–C–N with tert-alkyl or cyclic N) is 1. The molecule has 5 N–H and O–H groups in total. The van der Waals surface area contributed by atoms with E-state index in [1.54, 1.807) is 13.8 Å². The number of nitrogen functional groups attached to an aromatic ring is 1. The Balaban J connectivity index is 1.45. The lowest BCUT2D eigenvalue weighted by Crippen LogP contribution is -2.48. The van der Waals surface area contributed by atoms with Crippen molar-refractivity contribution in [2.24, 2.45) is 0 Å². The Kier molecular flexibility index (Phi) is 10.2. The Labute approximate surface area is 254 Å². The minimum Gasteiger partial charge on any atom is -0.423 e. The molecule has 2 aromatic heterocycles. The molecular weight excluding hydrogens is 598 g/mol. The molecule has 0 unspecified atom stereocenters. The van der Waals surface area contributed by atoms with Gasteiger partial charge in [-0.1, -0.05) is 6.07 Å². The zero-order valence-electron chi connectivity index (χ0n) is 24.7. The summed E-state index contributed by atoms with van der Waals surface area (Å²) in [6.07, 6.45) is 1.85. The number of hydrogen-bond acceptors (Lipinski definition) is 10. The predicted molar refractivity (Wildman–Crippen MR) is 161 cm³/mol. The van der Waals surface area contributed by atoms with Crippen LogP contribution in [0.25, 0.3) is 11.0 Å². The third-order valence-electron chi connectivity index (χ3n) is 8.18. The first-order valence-electron chi connectivity index (χ1n) is 14.3. The molecule has 1 aliphatic rings. The van der Waals surface area contributed by atoms with Crippen molar-refractivity contribution in [2.45, 2.75) is 38.0 Å². The Morgan fingerprint density at radius 1 is 1.11 bits per heavy atom. The van der Waals surface area contributed by atoms with Crippen LogP contribution in [0.4, 0.5) is 14.5 Å². The summed E-state index contributed by atoms with van der Waals surface area (Å²) in [5.74, 6) is -2.86. The molecule has 4 rings (SSSR count). The number of halogens is 2. The van der Waals surface area contributed by atoms with Crippen LogP contribution in [-0.4, -0.2) is 101 Å². The van der Waals surface area contributed by atoms with Gasteiger partial charge in [0.25, 0.3) is 11.5 Å². The number of carbonyl (C=O) groups excluding carboxylic acids is 1. The molecule has 0 atom stereocenters. The number of nitrogens with two attached hydrogens (primary N) is 1. The number of carbonyl (C=O) groups is 1. The van der Waals surface area contributed by atoms with E-state index in [1.807, 2.05) is 0 Å². The highest BCUT2D eigenvalue weighted by Crippen LogP contribution is 2.26. The highest BCUT2D eigenvalue weighted by Gasteiger charge is 2.34. The van der Waals surface area contributed by atoms with Gasteiger partial charge in [0.15, 0.2) is 15.5 Å². The molecule has 240 valence electrons. The summed E-state index contributed by atoms with van der Waals surface area (Å²) < 4.78 is 53.1. The SMILES string of the molecule is CC(C)(CCN1CCN(CCO)CC1)S(=O)(=O)CCc1cnc2c(c1)c(N)c(C(=O)NCc1ccc(F)cc1F)c(=O)n2O. The molecule has 0 bridgehead atoms. The third-order valence-corrected chi connectivity index (χ3v) is 10.8. The minimum atomic E-state index is -3.57. The fourth-order valence-corrected chi connectivity index (χ4v) is 6.55. The Hall–Kier alpha value is -3.66. The zero-order chi connectivity index (χ0) is 32.2. The van der Waals surface area contributed by atoms with Crippen molar-refractivity contribution in [1.82, 2.24) is 24.8 Å². The molecule has 44 heavy (non-hydrogen) atoms. The number of rotatable bonds is 12. The van der Waals surface area contributed by atoms with Crippen LogP contribution in [0, 0.1) is 11.6 Å². The van der Waals surface area contributed by atoms with Gasteiger partial charge in [0.2, 0.25) is 0 Å². The summed E-state index contributed by atoms with van der Waals surface area (Å²) in [6, 6.07) is 4.29. The van der Waals surface area contributed by atoms with Gasteiger partial charge in [0, 0.05) is 62.5 Å². The molecule has 0 aliphatic carbocycles. The fraction of sp³-hybridized carbons (Fsp3) is 0.483. The second-order valence-electron chi connectivity index (χ2n) is 11.5. The van der Waals surface area contributed by atoms with Gasteiger partial charge in [-0.3, -0.25) is 14.5 Å². The van der Waals surface area contributed by atoms with E-state index in [9.17, 15) is 32.0 Å². The van der Waals surface area contributed by atoms with E-state index >= 15 is 0 Å². The molecular formula is C29H38F2N6O6S. The number of pyridine rings is 2. The van der Waals surface area contributed by atoms with Crippen LogP contribution in [-0.2, 0) is 22.8 Å². The number of aryl methyl sites for hydroxylation is 1. The second-order valence-corrected chi connectivity index (χ2v) is 14.3. The number of amides is 1. The molecule has 1 aromatic carbocycles. The number of nitrogens with one attached hydrogen (secondary N) is 1. The normalized spacial score (nSPS) is 15.1. The maximum Gasteiger partial charge on any atom is 0.299 e. The van der Waals surface area contributed by atoms with E-state index < -0.39 is 43.2 Å². The van der Waals surface area contributed by atoms with E-state index in [0.717, 1.165) is 38.3 Å². The van der Waals surface area contributed by atoms with Crippen LogP contribution in [0.3, 0.4) is 0 Å². The van der Waals surface area contributed by atoms with Gasteiger partial charge in [-0.05, 0) is 50.9 Å². The maximum absolute atomic E-state index is 14.0. The quantitative estimate of drug-likeness (QED) is 0.212. The average molecular weight is 637 g/mol. The van der Waals surface area contributed by atoms with Crippen LogP contribution in [0.2, 0.25) is 0 Å². The molecule has 0 spiro atoms. The van der Waals surface area contributed by atoms with Crippen LogP contribution >= 0.6 is 0 Å². The van der Waals surface area contributed by atoms with Gasteiger partial charge < -0.3 is 26.3 Å². The molecule has 3 aromatic rings. The first-order chi connectivity index (χ1) is 20.7. The number of sulfone groups is 1. The lowest BCUT2D eigenvalue weighted by Gasteiger charge is -2.36. The summed E-state index contributed by atoms with van der Waals surface area (Å²) in [5, 5.41) is 21.9. The van der Waals surface area contributed by atoms with Crippen LogP contribution in [0.15, 0.2) is 35.3 Å². The Morgan fingerprint density at radius 3 is 2.41 bits per heavy atom. The van der Waals surface area contributed by atoms with Crippen molar-refractivity contribution >= 4 is 32.5 Å². The van der Waals surface area contributed by atoms with Crippen LogP contribution < -0.4 is 16.6 Å². The number of aliphatic hydroxyl groups is 1. The number of nitrogens with zero attached hydrogens (tertiary/aromatic N) is 4. The molecule has 15 heteroatoms. The molecule has 0 saturated carbocycles. The van der Waals surface area contributed by atoms with Gasteiger partial charge in [0.1, 0.15) is 17.2 Å². The van der Waals surface area contributed by atoms with Crippen molar-refractivity contribution in [2.75, 3.05) is 57.4 Å². The standard InChI is InChI=1S/C29H38F2N6O6S/c1-29(2,6-7-35-8-10-36(11-9-35)12-13-38)44(42,43)14-5-19-15-22-25(32)24(28(40)37(41)26(22)33-17-19)27(39)34-18-20-3-4-21(30)16-23(20)31/h3-4,15-17,38,41H,5-14,18,32H2,1-2H3,(H,34,39). The van der Waals surface area contributed by atoms with E-state index in [-0.39, 0.29) is 52.3 Å². The number of fused-ring (bicyclic) bond motifs is 1. The monoisotopic (exact) mass is 636 g/mol. The lowest BCUT2D eigenvalue weighted by molar-refractivity contribution is 0.0944. The number of hydrogen-bond donors (Lipinski definition) is 4. The first-order valence-corrected chi connectivity index (χ1v) is 15.9. The number of aliphatic hydroxyl groups excluding tert-OH is 1. The first kappa shape index (κ1) is 33.2. The van der Waals surface area contributed by atoms with Gasteiger partial charge in [-0.25, -0.2) is 22.2 Å². The number of anilines is 1. The Bertz CT molecular complexity index is 1690. The highest BCUT2D eigenvalue weighted by molar-refractivity contribution is 7.92. The molecule has 3 heterocycles. The minimum absolute atomic E-state index is 0.0304. The van der Waals surface area contributed by atoms with E-state index in [2.05, 4.69) is 20.1 Å². The number of piperazine rings is 1. The van der Waals surface area contributed by atoms with E-state index in [4.69, 9.17) is 10.8 Å². The number of benzene rings is 1. The van der Waals surface area contributed by atoms with Crippen LogP contribution in [0.1, 0.15) is 41.8 Å². The summed E-state index contributed by atoms with van der Waals surface area (Å²) >= 11 is 0. The van der Waals surface area contributed by atoms with Crippen molar-refractivity contribution in [3.8, 4) is 0 Å². The molecule has 1 fully saturated rings. The summed E-state index contributed by atoms with van der Waals surface area (Å²) in [7, 11) is -3.57. The van der Waals surface area contributed by atoms with Crippen molar-refractivity contribution < 1.29 is 32.3 Å². The summed E-state index contributed by atoms with van der Waals surface area (Å²) in [5.41, 5.74) is 4.35. The third kappa shape index (κ3) is 7.34. The average Bonchev–Trinajstić information content (AvgIpc) is 2.98.